The van der Waals surface area contributed by atoms with Gasteiger partial charge in [-0.05, 0) is 43.8 Å². The van der Waals surface area contributed by atoms with Crippen LogP contribution in [0, 0.1) is 12.7 Å². The fraction of sp³-hybridized carbons (Fsp3) is 0.188. The minimum Gasteiger partial charge on any atom is -0.434 e. The SMILES string of the molecule is CNCc1c(Oc2cc(C)ccc2F)nc2ccccn12. The Bertz CT molecular complexity index is 782. The van der Waals surface area contributed by atoms with Gasteiger partial charge in [-0.3, -0.25) is 4.40 Å². The third-order valence-electron chi connectivity index (χ3n) is 3.23. The van der Waals surface area contributed by atoms with Gasteiger partial charge in [0.1, 0.15) is 11.3 Å². The van der Waals surface area contributed by atoms with Gasteiger partial charge in [0.25, 0.3) is 0 Å². The van der Waals surface area contributed by atoms with E-state index in [0.29, 0.717) is 12.4 Å². The van der Waals surface area contributed by atoms with E-state index >= 15 is 0 Å². The van der Waals surface area contributed by atoms with Gasteiger partial charge in [0.15, 0.2) is 11.6 Å². The van der Waals surface area contributed by atoms with E-state index in [4.69, 9.17) is 4.74 Å². The molecule has 2 heterocycles. The first-order valence-corrected chi connectivity index (χ1v) is 6.73. The lowest BCUT2D eigenvalue weighted by molar-refractivity contribution is 0.423. The summed E-state index contributed by atoms with van der Waals surface area (Å²) >= 11 is 0. The highest BCUT2D eigenvalue weighted by molar-refractivity contribution is 5.47. The summed E-state index contributed by atoms with van der Waals surface area (Å²) in [6.07, 6.45) is 1.91. The Balaban J connectivity index is 2.07. The molecule has 0 saturated heterocycles. The smallest absolute Gasteiger partial charge is 0.242 e. The van der Waals surface area contributed by atoms with Gasteiger partial charge in [0.05, 0.1) is 0 Å². The third kappa shape index (κ3) is 2.60. The van der Waals surface area contributed by atoms with Gasteiger partial charge in [0.2, 0.25) is 5.88 Å². The molecule has 0 aliphatic rings. The molecule has 1 N–H and O–H groups in total. The maximum absolute atomic E-state index is 13.9. The molecule has 108 valence electrons. The average molecular weight is 285 g/mol. The van der Waals surface area contributed by atoms with Crippen molar-refractivity contribution in [3.05, 3.63) is 59.7 Å². The van der Waals surface area contributed by atoms with Gasteiger partial charge in [0, 0.05) is 12.7 Å². The minimum absolute atomic E-state index is 0.191. The van der Waals surface area contributed by atoms with Crippen molar-refractivity contribution in [1.29, 1.82) is 0 Å². The number of nitrogens with one attached hydrogen (secondary N) is 1. The molecule has 0 atom stereocenters. The first kappa shape index (κ1) is 13.6. The monoisotopic (exact) mass is 285 g/mol. The van der Waals surface area contributed by atoms with E-state index in [2.05, 4.69) is 10.3 Å². The maximum Gasteiger partial charge on any atom is 0.242 e. The lowest BCUT2D eigenvalue weighted by Gasteiger charge is -2.07. The van der Waals surface area contributed by atoms with E-state index in [1.54, 1.807) is 12.1 Å². The molecule has 1 aromatic carbocycles. The fourth-order valence-corrected chi connectivity index (χ4v) is 2.23. The summed E-state index contributed by atoms with van der Waals surface area (Å²) < 4.78 is 21.5. The molecule has 0 saturated carbocycles. The number of nitrogens with zero attached hydrogens (tertiary/aromatic N) is 2. The zero-order valence-corrected chi connectivity index (χ0v) is 11.9. The standard InChI is InChI=1S/C16H16FN3O/c1-11-6-7-12(17)14(9-11)21-16-13(10-18-2)20-8-4-3-5-15(20)19-16/h3-9,18H,10H2,1-2H3. The Kier molecular flexibility index (Phi) is 3.58. The van der Waals surface area contributed by atoms with E-state index in [-0.39, 0.29) is 5.75 Å². The molecule has 0 aliphatic carbocycles. The van der Waals surface area contributed by atoms with Gasteiger partial charge >= 0.3 is 0 Å². The lowest BCUT2D eigenvalue weighted by Crippen LogP contribution is -2.08. The first-order chi connectivity index (χ1) is 10.2. The molecular formula is C16H16FN3O. The molecule has 0 spiro atoms. The van der Waals surface area contributed by atoms with Crippen molar-refractivity contribution in [2.75, 3.05) is 7.05 Å². The summed E-state index contributed by atoms with van der Waals surface area (Å²) in [6, 6.07) is 10.5. The molecule has 0 bridgehead atoms. The lowest BCUT2D eigenvalue weighted by atomic mass is 10.2. The molecule has 0 aliphatic heterocycles. The van der Waals surface area contributed by atoms with Crippen molar-refractivity contribution in [3.8, 4) is 11.6 Å². The third-order valence-corrected chi connectivity index (χ3v) is 3.23. The van der Waals surface area contributed by atoms with Gasteiger partial charge in [-0.1, -0.05) is 12.1 Å². The predicted octanol–water partition coefficient (Wildman–Crippen LogP) is 3.29. The molecule has 0 unspecified atom stereocenters. The van der Waals surface area contributed by atoms with Crippen LogP contribution in [0.15, 0.2) is 42.6 Å². The Labute approximate surface area is 122 Å². The highest BCUT2D eigenvalue weighted by Crippen LogP contribution is 2.28. The molecule has 4 nitrogen and oxygen atoms in total. The molecular weight excluding hydrogens is 269 g/mol. The fourth-order valence-electron chi connectivity index (χ4n) is 2.23. The van der Waals surface area contributed by atoms with Crippen LogP contribution in [0.25, 0.3) is 5.65 Å². The van der Waals surface area contributed by atoms with Crippen molar-refractivity contribution in [2.45, 2.75) is 13.5 Å². The largest absolute Gasteiger partial charge is 0.434 e. The van der Waals surface area contributed by atoms with Crippen molar-refractivity contribution in [2.24, 2.45) is 0 Å². The molecule has 21 heavy (non-hydrogen) atoms. The Morgan fingerprint density at radius 2 is 2.14 bits per heavy atom. The summed E-state index contributed by atoms with van der Waals surface area (Å²) in [5.74, 6) is 0.212. The van der Waals surface area contributed by atoms with Crippen molar-refractivity contribution in [3.63, 3.8) is 0 Å². The minimum atomic E-state index is -0.395. The zero-order valence-electron chi connectivity index (χ0n) is 11.9. The Morgan fingerprint density at radius 1 is 1.29 bits per heavy atom. The second-order valence-corrected chi connectivity index (χ2v) is 4.86. The highest BCUT2D eigenvalue weighted by Gasteiger charge is 2.15. The van der Waals surface area contributed by atoms with Crippen LogP contribution in [0.5, 0.6) is 11.6 Å². The van der Waals surface area contributed by atoms with Crippen LogP contribution < -0.4 is 10.1 Å². The van der Waals surface area contributed by atoms with E-state index < -0.39 is 5.82 Å². The number of ether oxygens (including phenoxy) is 1. The van der Waals surface area contributed by atoms with Crippen LogP contribution in [-0.2, 0) is 6.54 Å². The van der Waals surface area contributed by atoms with Crippen LogP contribution in [0.1, 0.15) is 11.3 Å². The number of imidazole rings is 1. The van der Waals surface area contributed by atoms with Gasteiger partial charge in [-0.2, -0.15) is 4.98 Å². The summed E-state index contributed by atoms with van der Waals surface area (Å²) in [6.45, 7) is 2.47. The number of aromatic nitrogens is 2. The van der Waals surface area contributed by atoms with Crippen LogP contribution in [0.2, 0.25) is 0 Å². The van der Waals surface area contributed by atoms with Crippen LogP contribution in [0.4, 0.5) is 4.39 Å². The van der Waals surface area contributed by atoms with Crippen molar-refractivity contribution >= 4 is 5.65 Å². The molecule has 3 aromatic rings. The number of pyridine rings is 1. The van der Waals surface area contributed by atoms with Gasteiger partial charge in [-0.15, -0.1) is 0 Å². The van der Waals surface area contributed by atoms with Gasteiger partial charge in [-0.25, -0.2) is 4.39 Å². The van der Waals surface area contributed by atoms with Crippen LogP contribution in [0.3, 0.4) is 0 Å². The topological polar surface area (TPSA) is 38.6 Å². The second-order valence-electron chi connectivity index (χ2n) is 4.86. The van der Waals surface area contributed by atoms with Crippen LogP contribution >= 0.6 is 0 Å². The van der Waals surface area contributed by atoms with Crippen molar-refractivity contribution < 1.29 is 9.13 Å². The molecule has 0 amide bonds. The highest BCUT2D eigenvalue weighted by atomic mass is 19.1. The maximum atomic E-state index is 13.9. The summed E-state index contributed by atoms with van der Waals surface area (Å²) in [5.41, 5.74) is 2.56. The quantitative estimate of drug-likeness (QED) is 0.799. The Morgan fingerprint density at radius 3 is 2.95 bits per heavy atom. The summed E-state index contributed by atoms with van der Waals surface area (Å²) in [5, 5.41) is 3.08. The Hall–Kier alpha value is -2.40. The number of benzene rings is 1. The molecule has 2 aromatic heterocycles. The van der Waals surface area contributed by atoms with Gasteiger partial charge < -0.3 is 10.1 Å². The number of fused-ring (bicyclic) bond motifs is 1. The van der Waals surface area contributed by atoms with E-state index in [9.17, 15) is 4.39 Å². The van der Waals surface area contributed by atoms with Crippen molar-refractivity contribution in [1.82, 2.24) is 14.7 Å². The number of halogens is 1. The zero-order chi connectivity index (χ0) is 14.8. The normalized spacial score (nSPS) is 11.0. The predicted molar refractivity (Wildman–Crippen MR) is 79.2 cm³/mol. The average Bonchev–Trinajstić information content (AvgIpc) is 2.81. The first-order valence-electron chi connectivity index (χ1n) is 6.73. The summed E-state index contributed by atoms with van der Waals surface area (Å²) in [7, 11) is 1.85. The molecule has 0 fully saturated rings. The number of rotatable bonds is 4. The second kappa shape index (κ2) is 5.54. The van der Waals surface area contributed by atoms with E-state index in [1.165, 1.54) is 6.07 Å². The summed E-state index contributed by atoms with van der Waals surface area (Å²) in [4.78, 5) is 4.43. The number of hydrogen-bond donors (Lipinski definition) is 1. The van der Waals surface area contributed by atoms with E-state index in [1.807, 2.05) is 42.8 Å². The molecule has 3 rings (SSSR count). The number of hydrogen-bond acceptors (Lipinski definition) is 3. The van der Waals surface area contributed by atoms with E-state index in [0.717, 1.165) is 16.9 Å². The van der Waals surface area contributed by atoms with Crippen LogP contribution in [-0.4, -0.2) is 16.4 Å². The molecule has 5 heteroatoms. The molecule has 0 radical (unpaired) electrons. The number of aryl methyl sites for hydroxylation is 1.